The Labute approximate surface area is 158 Å². The molecule has 1 heterocycles. The zero-order chi connectivity index (χ0) is 21.2. The molecule has 0 saturated heterocycles. The molecule has 1 N–H and O–H groups in total. The molecule has 0 spiro atoms. The predicted molar refractivity (Wildman–Crippen MR) is 85.7 cm³/mol. The van der Waals surface area contributed by atoms with Crippen molar-refractivity contribution in [1.82, 2.24) is 14.8 Å². The molecule has 2 aromatic carbocycles. The van der Waals surface area contributed by atoms with E-state index in [0.29, 0.717) is 17.8 Å². The van der Waals surface area contributed by atoms with E-state index in [0.717, 1.165) is 12.1 Å². The molecule has 7 nitrogen and oxygen atoms in total. The van der Waals surface area contributed by atoms with E-state index in [1.54, 1.807) is 0 Å². The molecule has 0 aliphatic rings. The van der Waals surface area contributed by atoms with Crippen LogP contribution >= 0.6 is 0 Å². The molecule has 0 bridgehead atoms. The molecule has 0 amide bonds. The van der Waals surface area contributed by atoms with Gasteiger partial charge in [0.15, 0.2) is 5.82 Å². The Kier molecular flexibility index (Phi) is 5.35. The molecule has 0 aliphatic carbocycles. The number of hydrogen-bond donors (Lipinski definition) is 1. The van der Waals surface area contributed by atoms with Crippen molar-refractivity contribution in [3.8, 4) is 17.2 Å². The third-order valence-corrected chi connectivity index (χ3v) is 3.47. The van der Waals surface area contributed by atoms with Gasteiger partial charge in [0.25, 0.3) is 0 Å². The molecule has 0 unspecified atom stereocenters. The summed E-state index contributed by atoms with van der Waals surface area (Å²) in [6, 6.07) is 6.24. The Hall–Kier alpha value is -3.70. The standard InChI is InChI=1S/C17H10F5N3O4/c18-12-5-11(6-13(19)15(12)16(26)27)28-7-14-23-8-25(24-14)9-1-3-10(4-2-9)29-17(20,21)22/h1-6,8H,7H2,(H,26,27). The molecule has 12 heteroatoms. The summed E-state index contributed by atoms with van der Waals surface area (Å²) in [6.45, 7) is -0.298. The van der Waals surface area contributed by atoms with E-state index in [4.69, 9.17) is 9.84 Å². The van der Waals surface area contributed by atoms with Crippen molar-refractivity contribution in [3.05, 3.63) is 65.7 Å². The lowest BCUT2D eigenvalue weighted by atomic mass is 10.2. The van der Waals surface area contributed by atoms with Crippen molar-refractivity contribution in [2.24, 2.45) is 0 Å². The van der Waals surface area contributed by atoms with Gasteiger partial charge < -0.3 is 14.6 Å². The zero-order valence-corrected chi connectivity index (χ0v) is 14.2. The summed E-state index contributed by atoms with van der Waals surface area (Å²) >= 11 is 0. The van der Waals surface area contributed by atoms with Crippen LogP contribution in [-0.2, 0) is 6.61 Å². The highest BCUT2D eigenvalue weighted by Crippen LogP contribution is 2.24. The van der Waals surface area contributed by atoms with Crippen LogP contribution in [0.1, 0.15) is 16.2 Å². The lowest BCUT2D eigenvalue weighted by Crippen LogP contribution is -2.17. The number of rotatable bonds is 6. The minimum Gasteiger partial charge on any atom is -0.485 e. The number of halogens is 5. The van der Waals surface area contributed by atoms with Crippen LogP contribution < -0.4 is 9.47 Å². The average molecular weight is 415 g/mol. The molecule has 3 aromatic rings. The van der Waals surface area contributed by atoms with Gasteiger partial charge in [-0.25, -0.2) is 23.2 Å². The van der Waals surface area contributed by atoms with Gasteiger partial charge in [0.2, 0.25) is 0 Å². The van der Waals surface area contributed by atoms with E-state index in [1.807, 2.05) is 0 Å². The number of hydrogen-bond acceptors (Lipinski definition) is 5. The fourth-order valence-corrected chi connectivity index (χ4v) is 2.27. The second-order valence-electron chi connectivity index (χ2n) is 5.50. The zero-order valence-electron chi connectivity index (χ0n) is 14.2. The highest BCUT2D eigenvalue weighted by molar-refractivity contribution is 5.88. The number of carboxylic acids is 1. The van der Waals surface area contributed by atoms with Crippen molar-refractivity contribution >= 4 is 5.97 Å². The molecular formula is C17H10F5N3O4. The lowest BCUT2D eigenvalue weighted by molar-refractivity contribution is -0.274. The summed E-state index contributed by atoms with van der Waals surface area (Å²) in [5, 5.41) is 12.7. The number of benzene rings is 2. The Morgan fingerprint density at radius 1 is 1.07 bits per heavy atom. The van der Waals surface area contributed by atoms with E-state index >= 15 is 0 Å². The molecule has 0 fully saturated rings. The summed E-state index contributed by atoms with van der Waals surface area (Å²) in [6.07, 6.45) is -3.55. The average Bonchev–Trinajstić information content (AvgIpc) is 3.07. The fourth-order valence-electron chi connectivity index (χ4n) is 2.27. The third kappa shape index (κ3) is 4.97. The normalized spacial score (nSPS) is 11.3. The lowest BCUT2D eigenvalue weighted by Gasteiger charge is -2.09. The molecule has 0 atom stereocenters. The van der Waals surface area contributed by atoms with Crippen molar-refractivity contribution in [2.75, 3.05) is 0 Å². The first-order chi connectivity index (χ1) is 13.6. The van der Waals surface area contributed by atoms with Crippen LogP contribution in [0.25, 0.3) is 5.69 Å². The molecular weight excluding hydrogens is 405 g/mol. The first kappa shape index (κ1) is 20.0. The van der Waals surface area contributed by atoms with Crippen LogP contribution in [0.5, 0.6) is 11.5 Å². The molecule has 3 rings (SSSR count). The van der Waals surface area contributed by atoms with Crippen molar-refractivity contribution in [1.29, 1.82) is 0 Å². The second-order valence-corrected chi connectivity index (χ2v) is 5.50. The highest BCUT2D eigenvalue weighted by atomic mass is 19.4. The minimum atomic E-state index is -4.80. The molecule has 152 valence electrons. The van der Waals surface area contributed by atoms with Crippen molar-refractivity contribution in [3.63, 3.8) is 0 Å². The fraction of sp³-hybridized carbons (Fsp3) is 0.118. The van der Waals surface area contributed by atoms with Crippen LogP contribution in [0.2, 0.25) is 0 Å². The summed E-state index contributed by atoms with van der Waals surface area (Å²) in [5.41, 5.74) is -0.723. The van der Waals surface area contributed by atoms with Crippen LogP contribution in [0.15, 0.2) is 42.7 Å². The topological polar surface area (TPSA) is 86.5 Å². The number of aromatic carboxylic acids is 1. The largest absolute Gasteiger partial charge is 0.573 e. The van der Waals surface area contributed by atoms with E-state index in [1.165, 1.54) is 23.1 Å². The van der Waals surface area contributed by atoms with Gasteiger partial charge in [0.1, 0.15) is 41.6 Å². The Morgan fingerprint density at radius 3 is 2.24 bits per heavy atom. The highest BCUT2D eigenvalue weighted by Gasteiger charge is 2.31. The third-order valence-electron chi connectivity index (χ3n) is 3.47. The Morgan fingerprint density at radius 2 is 1.69 bits per heavy atom. The molecule has 1 aromatic heterocycles. The smallest absolute Gasteiger partial charge is 0.485 e. The van der Waals surface area contributed by atoms with Gasteiger partial charge in [-0.3, -0.25) is 0 Å². The van der Waals surface area contributed by atoms with Gasteiger partial charge in [-0.15, -0.1) is 18.3 Å². The van der Waals surface area contributed by atoms with Gasteiger partial charge >= 0.3 is 12.3 Å². The molecule has 29 heavy (non-hydrogen) atoms. The van der Waals surface area contributed by atoms with Gasteiger partial charge in [-0.2, -0.15) is 0 Å². The monoisotopic (exact) mass is 415 g/mol. The van der Waals surface area contributed by atoms with E-state index < -0.39 is 35.3 Å². The number of aromatic nitrogens is 3. The van der Waals surface area contributed by atoms with Gasteiger partial charge in [0, 0.05) is 12.1 Å². The summed E-state index contributed by atoms with van der Waals surface area (Å²) < 4.78 is 73.9. The van der Waals surface area contributed by atoms with Gasteiger partial charge in [-0.1, -0.05) is 0 Å². The predicted octanol–water partition coefficient (Wildman–Crippen LogP) is 3.72. The summed E-state index contributed by atoms with van der Waals surface area (Å²) in [5.74, 6) is -4.92. The first-order valence-corrected chi connectivity index (χ1v) is 7.74. The van der Waals surface area contributed by atoms with E-state index in [2.05, 4.69) is 14.8 Å². The van der Waals surface area contributed by atoms with Crippen LogP contribution in [-0.4, -0.2) is 32.2 Å². The summed E-state index contributed by atoms with van der Waals surface area (Å²) in [7, 11) is 0. The molecule has 0 radical (unpaired) electrons. The van der Waals surface area contributed by atoms with Crippen molar-refractivity contribution in [2.45, 2.75) is 13.0 Å². The molecule has 0 saturated carbocycles. The second kappa shape index (κ2) is 7.73. The van der Waals surface area contributed by atoms with E-state index in [-0.39, 0.29) is 18.2 Å². The first-order valence-electron chi connectivity index (χ1n) is 7.74. The number of nitrogens with zero attached hydrogens (tertiary/aromatic N) is 3. The SMILES string of the molecule is O=C(O)c1c(F)cc(OCc2ncn(-c3ccc(OC(F)(F)F)cc3)n2)cc1F. The number of carbonyl (C=O) groups is 1. The maximum absolute atomic E-state index is 13.6. The number of carboxylic acid groups (broad SMARTS) is 1. The van der Waals surface area contributed by atoms with Crippen molar-refractivity contribution < 1.29 is 41.3 Å². The maximum atomic E-state index is 13.6. The van der Waals surface area contributed by atoms with Crippen LogP contribution in [0, 0.1) is 11.6 Å². The quantitative estimate of drug-likeness (QED) is 0.618. The van der Waals surface area contributed by atoms with E-state index in [9.17, 15) is 26.7 Å². The molecule has 0 aliphatic heterocycles. The van der Waals surface area contributed by atoms with Crippen LogP contribution in [0.3, 0.4) is 0 Å². The number of ether oxygens (including phenoxy) is 2. The van der Waals surface area contributed by atoms with Crippen LogP contribution in [0.4, 0.5) is 22.0 Å². The number of alkyl halides is 3. The van der Waals surface area contributed by atoms with Gasteiger partial charge in [0.05, 0.1) is 5.69 Å². The van der Waals surface area contributed by atoms with Gasteiger partial charge in [-0.05, 0) is 24.3 Å². The maximum Gasteiger partial charge on any atom is 0.573 e. The minimum absolute atomic E-state index is 0.101. The summed E-state index contributed by atoms with van der Waals surface area (Å²) in [4.78, 5) is 14.7. The Bertz CT molecular complexity index is 1010. The Balaban J connectivity index is 1.67.